The molecule has 3 saturated carbocycles. The number of thioether (sulfide) groups is 2. The van der Waals surface area contributed by atoms with Crippen molar-refractivity contribution in [2.24, 2.45) is 35.0 Å². The van der Waals surface area contributed by atoms with Crippen LogP contribution >= 0.6 is 23.5 Å². The largest absolute Gasteiger partial charge is 0.144 e. The maximum Gasteiger partial charge on any atom is 0.0642 e. The standard InChI is InChI=1S/C17H28S2/c1-11-5-6-12-14(11)15-13(16(15,2)3)7-8-17(12)18-9-4-10-19-17/h11-15H,4-10H2,1-3H3/t11-,12-,13-,14-,15-/m1/s1. The van der Waals surface area contributed by atoms with Crippen LogP contribution in [0, 0.1) is 35.0 Å². The quantitative estimate of drug-likeness (QED) is 0.596. The lowest BCUT2D eigenvalue weighted by molar-refractivity contribution is 0.245. The van der Waals surface area contributed by atoms with Gasteiger partial charge in [0.25, 0.3) is 0 Å². The molecule has 0 radical (unpaired) electrons. The molecule has 0 amide bonds. The molecule has 0 unspecified atom stereocenters. The summed E-state index contributed by atoms with van der Waals surface area (Å²) in [5.74, 6) is 8.08. The lowest BCUT2D eigenvalue weighted by Gasteiger charge is -2.44. The molecule has 1 aliphatic heterocycles. The van der Waals surface area contributed by atoms with Gasteiger partial charge in [-0.05, 0) is 72.2 Å². The molecule has 0 aromatic carbocycles. The van der Waals surface area contributed by atoms with Crippen molar-refractivity contribution in [2.45, 2.75) is 57.0 Å². The molecular weight excluding hydrogens is 268 g/mol. The van der Waals surface area contributed by atoms with Crippen LogP contribution in [0.5, 0.6) is 0 Å². The van der Waals surface area contributed by atoms with Gasteiger partial charge in [-0.3, -0.25) is 0 Å². The highest BCUT2D eigenvalue weighted by Gasteiger charge is 2.67. The number of fused-ring (bicyclic) bond motifs is 4. The SMILES string of the molecule is C[C@@H]1CC[C@@H]2[C@@H]1[C@H]1[C@@H](CCC23SCCCS3)C1(C)C. The molecule has 0 aromatic rings. The Morgan fingerprint density at radius 1 is 0.947 bits per heavy atom. The second-order valence-corrected chi connectivity index (χ2v) is 11.2. The molecule has 4 aliphatic rings. The van der Waals surface area contributed by atoms with Crippen LogP contribution < -0.4 is 0 Å². The van der Waals surface area contributed by atoms with Crippen molar-refractivity contribution < 1.29 is 0 Å². The zero-order chi connectivity index (χ0) is 13.3. The van der Waals surface area contributed by atoms with Crippen LogP contribution in [-0.2, 0) is 0 Å². The molecule has 1 saturated heterocycles. The third-order valence-electron chi connectivity index (χ3n) is 6.96. The van der Waals surface area contributed by atoms with E-state index in [2.05, 4.69) is 44.3 Å². The van der Waals surface area contributed by atoms with Crippen LogP contribution in [0.2, 0.25) is 0 Å². The van der Waals surface area contributed by atoms with Crippen LogP contribution in [0.1, 0.15) is 52.9 Å². The van der Waals surface area contributed by atoms with E-state index in [1.165, 1.54) is 43.6 Å². The number of hydrogen-bond donors (Lipinski definition) is 0. The second kappa shape index (κ2) is 4.35. The van der Waals surface area contributed by atoms with Crippen LogP contribution in [0.25, 0.3) is 0 Å². The first-order valence-electron chi connectivity index (χ1n) is 8.34. The van der Waals surface area contributed by atoms with Crippen LogP contribution in [0.15, 0.2) is 0 Å². The van der Waals surface area contributed by atoms with Gasteiger partial charge in [0.2, 0.25) is 0 Å². The topological polar surface area (TPSA) is 0 Å². The molecule has 0 N–H and O–H groups in total. The average Bonchev–Trinajstić information content (AvgIpc) is 2.77. The Balaban J connectivity index is 1.68. The van der Waals surface area contributed by atoms with Gasteiger partial charge < -0.3 is 0 Å². The summed E-state index contributed by atoms with van der Waals surface area (Å²) < 4.78 is 0.636. The highest BCUT2D eigenvalue weighted by atomic mass is 32.2. The predicted octanol–water partition coefficient (Wildman–Crippen LogP) is 5.28. The van der Waals surface area contributed by atoms with Crippen molar-refractivity contribution in [3.8, 4) is 0 Å². The smallest absolute Gasteiger partial charge is 0.0642 e. The second-order valence-electron chi connectivity index (χ2n) is 8.09. The Labute approximate surface area is 127 Å². The molecule has 2 heteroatoms. The molecule has 0 bridgehead atoms. The van der Waals surface area contributed by atoms with E-state index < -0.39 is 0 Å². The monoisotopic (exact) mass is 296 g/mol. The van der Waals surface area contributed by atoms with Gasteiger partial charge in [0.1, 0.15) is 0 Å². The van der Waals surface area contributed by atoms with E-state index in [-0.39, 0.29) is 0 Å². The van der Waals surface area contributed by atoms with E-state index in [4.69, 9.17) is 0 Å². The van der Waals surface area contributed by atoms with Crippen molar-refractivity contribution in [3.63, 3.8) is 0 Å². The normalized spacial score (nSPS) is 50.4. The first-order valence-corrected chi connectivity index (χ1v) is 10.3. The Kier molecular flexibility index (Phi) is 3.06. The maximum atomic E-state index is 2.56. The third-order valence-corrected chi connectivity index (χ3v) is 10.6. The summed E-state index contributed by atoms with van der Waals surface area (Å²) in [5.41, 5.74) is 0.674. The van der Waals surface area contributed by atoms with E-state index in [0.29, 0.717) is 9.49 Å². The number of rotatable bonds is 0. The van der Waals surface area contributed by atoms with Gasteiger partial charge in [0, 0.05) is 0 Å². The van der Waals surface area contributed by atoms with Gasteiger partial charge in [-0.2, -0.15) is 0 Å². The minimum Gasteiger partial charge on any atom is -0.144 e. The van der Waals surface area contributed by atoms with Crippen molar-refractivity contribution >= 4 is 23.5 Å². The molecule has 1 heterocycles. The minimum atomic E-state index is 0.636. The Bertz CT molecular complexity index is 369. The fourth-order valence-electron chi connectivity index (χ4n) is 5.93. The molecule has 1 spiro atoms. The summed E-state index contributed by atoms with van der Waals surface area (Å²) in [5, 5.41) is 0. The molecule has 4 fully saturated rings. The molecule has 0 aromatic heterocycles. The predicted molar refractivity (Wildman–Crippen MR) is 87.6 cm³/mol. The van der Waals surface area contributed by atoms with Crippen molar-refractivity contribution in [1.29, 1.82) is 0 Å². The molecule has 0 nitrogen and oxygen atoms in total. The van der Waals surface area contributed by atoms with Gasteiger partial charge in [0.05, 0.1) is 4.08 Å². The summed E-state index contributed by atoms with van der Waals surface area (Å²) >= 11 is 4.73. The lowest BCUT2D eigenvalue weighted by Crippen LogP contribution is -2.37. The van der Waals surface area contributed by atoms with Gasteiger partial charge >= 0.3 is 0 Å². The minimum absolute atomic E-state index is 0.636. The maximum absolute atomic E-state index is 2.56. The molecule has 4 rings (SSSR count). The van der Waals surface area contributed by atoms with Crippen LogP contribution in [0.3, 0.4) is 0 Å². The van der Waals surface area contributed by atoms with E-state index >= 15 is 0 Å². The highest BCUT2D eigenvalue weighted by Crippen LogP contribution is 2.74. The first-order chi connectivity index (χ1) is 9.06. The third kappa shape index (κ3) is 1.81. The molecule has 5 atom stereocenters. The van der Waals surface area contributed by atoms with E-state index in [1.807, 2.05) is 0 Å². The van der Waals surface area contributed by atoms with Crippen LogP contribution in [-0.4, -0.2) is 15.6 Å². The Morgan fingerprint density at radius 2 is 1.68 bits per heavy atom. The highest BCUT2D eigenvalue weighted by molar-refractivity contribution is 8.18. The van der Waals surface area contributed by atoms with Gasteiger partial charge in [0.15, 0.2) is 0 Å². The molecule has 3 aliphatic carbocycles. The molecule has 19 heavy (non-hydrogen) atoms. The molecular formula is C17H28S2. The summed E-state index contributed by atoms with van der Waals surface area (Å²) in [6, 6.07) is 0. The van der Waals surface area contributed by atoms with E-state index in [0.717, 1.165) is 29.6 Å². The summed E-state index contributed by atoms with van der Waals surface area (Å²) in [6.07, 6.45) is 7.53. The zero-order valence-electron chi connectivity index (χ0n) is 12.7. The van der Waals surface area contributed by atoms with Gasteiger partial charge in [-0.15, -0.1) is 23.5 Å². The van der Waals surface area contributed by atoms with Crippen molar-refractivity contribution in [1.82, 2.24) is 0 Å². The van der Waals surface area contributed by atoms with E-state index in [1.54, 1.807) is 0 Å². The Hall–Kier alpha value is 0.700. The van der Waals surface area contributed by atoms with Gasteiger partial charge in [-0.1, -0.05) is 27.2 Å². The fraction of sp³-hybridized carbons (Fsp3) is 1.00. The first kappa shape index (κ1) is 13.4. The van der Waals surface area contributed by atoms with Crippen LogP contribution in [0.4, 0.5) is 0 Å². The summed E-state index contributed by atoms with van der Waals surface area (Å²) in [4.78, 5) is 0. The van der Waals surface area contributed by atoms with Gasteiger partial charge in [-0.25, -0.2) is 0 Å². The summed E-state index contributed by atoms with van der Waals surface area (Å²) in [6.45, 7) is 7.68. The van der Waals surface area contributed by atoms with Crippen molar-refractivity contribution in [2.75, 3.05) is 11.5 Å². The summed E-state index contributed by atoms with van der Waals surface area (Å²) in [7, 11) is 0. The molecule has 108 valence electrons. The Morgan fingerprint density at radius 3 is 2.42 bits per heavy atom. The van der Waals surface area contributed by atoms with E-state index in [9.17, 15) is 0 Å². The average molecular weight is 297 g/mol. The zero-order valence-corrected chi connectivity index (χ0v) is 14.3. The van der Waals surface area contributed by atoms with Crippen molar-refractivity contribution in [3.05, 3.63) is 0 Å². The fourth-order valence-corrected chi connectivity index (χ4v) is 9.72. The number of hydrogen-bond acceptors (Lipinski definition) is 2. The lowest BCUT2D eigenvalue weighted by atomic mass is 9.81.